The van der Waals surface area contributed by atoms with E-state index >= 15 is 0 Å². The van der Waals surface area contributed by atoms with E-state index in [1.807, 2.05) is 25.2 Å². The van der Waals surface area contributed by atoms with Gasteiger partial charge in [-0.15, -0.1) is 0 Å². The minimum absolute atomic E-state index is 0.0336. The molecule has 0 aliphatic heterocycles. The number of nitrogens with one attached hydrogen (secondary N) is 3. The highest BCUT2D eigenvalue weighted by molar-refractivity contribution is 6.67. The number of allylic oxidation sites excluding steroid dienone is 4. The lowest BCUT2D eigenvalue weighted by atomic mass is 9.87. The van der Waals surface area contributed by atoms with Crippen LogP contribution in [0.2, 0.25) is 0 Å². The monoisotopic (exact) mass is 344 g/mol. The summed E-state index contributed by atoms with van der Waals surface area (Å²) in [6, 6.07) is -0.0336. The summed E-state index contributed by atoms with van der Waals surface area (Å²) in [5.74, 6) is 0.269. The van der Waals surface area contributed by atoms with E-state index in [9.17, 15) is 4.79 Å². The molecule has 5 nitrogen and oxygen atoms in total. The van der Waals surface area contributed by atoms with Crippen LogP contribution in [-0.2, 0) is 0 Å². The van der Waals surface area contributed by atoms with Crippen LogP contribution in [0.3, 0.4) is 0 Å². The Bertz CT molecular complexity index is 727. The number of carbonyl (C=O) groups excluding carboxylic acids is 1. The van der Waals surface area contributed by atoms with E-state index in [1.165, 1.54) is 17.8 Å². The first-order valence-electron chi connectivity index (χ1n) is 7.81. The molecule has 1 aromatic rings. The molecule has 0 aromatic carbocycles. The molecule has 2 rings (SSSR count). The minimum Gasteiger partial charge on any atom is -0.344 e. The number of imidazole rings is 1. The first kappa shape index (κ1) is 17.9. The molecule has 0 saturated heterocycles. The van der Waals surface area contributed by atoms with Gasteiger partial charge in [-0.1, -0.05) is 36.4 Å². The molecule has 1 amide bonds. The number of H-pyrrole nitrogens is 1. The maximum atomic E-state index is 12.5. The smallest absolute Gasteiger partial charge is 0.269 e. The molecule has 6 heteroatoms. The lowest BCUT2D eigenvalue weighted by molar-refractivity contribution is 0.0935. The van der Waals surface area contributed by atoms with E-state index in [0.29, 0.717) is 11.5 Å². The minimum atomic E-state index is -0.208. The third-order valence-corrected chi connectivity index (χ3v) is 3.94. The molecule has 1 aliphatic carbocycles. The average molecular weight is 345 g/mol. The molecule has 1 aliphatic rings. The highest BCUT2D eigenvalue weighted by Crippen LogP contribution is 2.27. The molecule has 126 valence electrons. The second-order valence-electron chi connectivity index (χ2n) is 5.47. The van der Waals surface area contributed by atoms with E-state index in [0.717, 1.165) is 24.8 Å². The van der Waals surface area contributed by atoms with Gasteiger partial charge < -0.3 is 10.3 Å². The fourth-order valence-corrected chi connectivity index (χ4v) is 2.78. The fourth-order valence-electron chi connectivity index (χ4n) is 2.72. The zero-order valence-electron chi connectivity index (χ0n) is 13.6. The van der Waals surface area contributed by atoms with Crippen molar-refractivity contribution in [1.29, 1.82) is 5.41 Å². The van der Waals surface area contributed by atoms with Gasteiger partial charge in [0.15, 0.2) is 0 Å². The molecule has 0 radical (unpaired) electrons. The van der Waals surface area contributed by atoms with Crippen LogP contribution in [0.25, 0.3) is 6.08 Å². The van der Waals surface area contributed by atoms with Crippen molar-refractivity contribution >= 4 is 28.8 Å². The Morgan fingerprint density at radius 3 is 3.00 bits per heavy atom. The summed E-state index contributed by atoms with van der Waals surface area (Å²) in [6.07, 6.45) is 13.2. The number of hydrogen-bond acceptors (Lipinski definition) is 3. The van der Waals surface area contributed by atoms with Gasteiger partial charge in [-0.25, -0.2) is 4.98 Å². The summed E-state index contributed by atoms with van der Waals surface area (Å²) in [5.41, 5.74) is 2.67. The van der Waals surface area contributed by atoms with Gasteiger partial charge in [0.05, 0.1) is 12.2 Å². The highest BCUT2D eigenvalue weighted by Gasteiger charge is 2.22. The molecule has 0 spiro atoms. The predicted molar refractivity (Wildman–Crippen MR) is 98.3 cm³/mol. The molecule has 1 atom stereocenters. The number of aromatic amines is 1. The zero-order chi connectivity index (χ0) is 17.5. The highest BCUT2D eigenvalue weighted by atomic mass is 35.5. The fraction of sp³-hybridized carbons (Fsp3) is 0.278. The summed E-state index contributed by atoms with van der Waals surface area (Å²) < 4.78 is 0. The van der Waals surface area contributed by atoms with Crippen LogP contribution < -0.4 is 5.32 Å². The van der Waals surface area contributed by atoms with Gasteiger partial charge >= 0.3 is 0 Å². The topological polar surface area (TPSA) is 81.6 Å². The predicted octanol–water partition coefficient (Wildman–Crippen LogP) is 3.98. The summed E-state index contributed by atoms with van der Waals surface area (Å²) in [4.78, 5) is 19.5. The summed E-state index contributed by atoms with van der Waals surface area (Å²) in [7, 11) is 0. The molecule has 3 N–H and O–H groups in total. The third-order valence-electron chi connectivity index (χ3n) is 3.81. The summed E-state index contributed by atoms with van der Waals surface area (Å²) in [6.45, 7) is 5.83. The van der Waals surface area contributed by atoms with E-state index < -0.39 is 0 Å². The van der Waals surface area contributed by atoms with Crippen LogP contribution in [0.15, 0.2) is 48.2 Å². The lowest BCUT2D eigenvalue weighted by Crippen LogP contribution is -2.38. The molecule has 0 saturated carbocycles. The lowest BCUT2D eigenvalue weighted by Gasteiger charge is -2.26. The van der Waals surface area contributed by atoms with E-state index in [4.69, 9.17) is 17.0 Å². The van der Waals surface area contributed by atoms with Crippen molar-refractivity contribution in [3.63, 3.8) is 0 Å². The second kappa shape index (κ2) is 8.45. The zero-order valence-corrected chi connectivity index (χ0v) is 14.4. The molecule has 0 fully saturated rings. The van der Waals surface area contributed by atoms with Crippen molar-refractivity contribution in [2.45, 2.75) is 32.2 Å². The number of nitrogens with zero attached hydrogens (tertiary/aromatic N) is 1. The van der Waals surface area contributed by atoms with Gasteiger partial charge in [0.1, 0.15) is 16.7 Å². The Morgan fingerprint density at radius 1 is 1.54 bits per heavy atom. The van der Waals surface area contributed by atoms with Crippen molar-refractivity contribution in [2.24, 2.45) is 0 Å². The average Bonchev–Trinajstić information content (AvgIpc) is 3.03. The van der Waals surface area contributed by atoms with Crippen molar-refractivity contribution in [1.82, 2.24) is 15.3 Å². The Labute approximate surface area is 146 Å². The number of halogens is 1. The third kappa shape index (κ3) is 4.55. The van der Waals surface area contributed by atoms with Gasteiger partial charge in [0.25, 0.3) is 5.91 Å². The van der Waals surface area contributed by atoms with Crippen LogP contribution >= 0.6 is 11.6 Å². The summed E-state index contributed by atoms with van der Waals surface area (Å²) >= 11 is 5.45. The van der Waals surface area contributed by atoms with Crippen molar-refractivity contribution in [3.05, 3.63) is 59.7 Å². The van der Waals surface area contributed by atoms with E-state index in [-0.39, 0.29) is 17.1 Å². The molecule has 24 heavy (non-hydrogen) atoms. The molecular formula is C18H21ClN4O. The maximum absolute atomic E-state index is 12.5. The van der Waals surface area contributed by atoms with Gasteiger partial charge in [0.2, 0.25) is 0 Å². The number of rotatable bonds is 6. The molecule has 1 unspecified atom stereocenters. The Morgan fingerprint density at radius 2 is 2.33 bits per heavy atom. The number of hydrogen-bond donors (Lipinski definition) is 3. The van der Waals surface area contributed by atoms with E-state index in [2.05, 4.69) is 21.9 Å². The van der Waals surface area contributed by atoms with Gasteiger partial charge in [-0.2, -0.15) is 0 Å². The number of carbonyl (C=O) groups is 1. The Balaban J connectivity index is 2.14. The first-order valence-corrected chi connectivity index (χ1v) is 8.19. The molecule has 1 heterocycles. The molecule has 0 bridgehead atoms. The standard InChI is InChI=1S/C18H21ClN4O/c1-3-6-13-12(4-2)7-5-8-14(13)23-18(24)15-11-21-17(22-15)10-9-16(19)20/h3-4,6,9-11,14,20H,2,5,7-8H2,1H3,(H,21,22)(H,23,24)/b6-3-,10-9-,20-16?. The number of amides is 1. The van der Waals surface area contributed by atoms with Crippen LogP contribution in [-0.4, -0.2) is 27.1 Å². The van der Waals surface area contributed by atoms with Crippen LogP contribution in [0, 0.1) is 5.41 Å². The molecule has 1 aromatic heterocycles. The van der Waals surface area contributed by atoms with Crippen LogP contribution in [0.1, 0.15) is 42.5 Å². The van der Waals surface area contributed by atoms with Gasteiger partial charge in [0, 0.05) is 0 Å². The van der Waals surface area contributed by atoms with Crippen molar-refractivity contribution in [2.75, 3.05) is 0 Å². The summed E-state index contributed by atoms with van der Waals surface area (Å²) in [5, 5.41) is 10.1. The Kier molecular flexibility index (Phi) is 6.32. The SMILES string of the molecule is C=CC1=C(/C=C\C)C(NC(=O)c2cnc(/C=C\C(=N)Cl)[nH]2)CCC1. The van der Waals surface area contributed by atoms with E-state index in [1.54, 1.807) is 6.08 Å². The van der Waals surface area contributed by atoms with Gasteiger partial charge in [-0.3, -0.25) is 10.2 Å². The van der Waals surface area contributed by atoms with Crippen molar-refractivity contribution in [3.8, 4) is 0 Å². The molecular weight excluding hydrogens is 324 g/mol. The second-order valence-corrected chi connectivity index (χ2v) is 5.87. The maximum Gasteiger partial charge on any atom is 0.269 e. The number of aromatic nitrogens is 2. The van der Waals surface area contributed by atoms with Crippen LogP contribution in [0.5, 0.6) is 0 Å². The largest absolute Gasteiger partial charge is 0.344 e. The first-order chi connectivity index (χ1) is 11.5. The quantitative estimate of drug-likeness (QED) is 0.682. The van der Waals surface area contributed by atoms with Gasteiger partial charge in [-0.05, 0) is 49.5 Å². The van der Waals surface area contributed by atoms with Crippen LogP contribution in [0.4, 0.5) is 0 Å². The Hall–Kier alpha value is -2.40. The normalized spacial score (nSPS) is 18.3. The van der Waals surface area contributed by atoms with Crippen molar-refractivity contribution < 1.29 is 4.79 Å².